The Balaban J connectivity index is 1.85. The molecule has 2 N–H and O–H groups in total. The molecule has 0 heterocycles. The van der Waals surface area contributed by atoms with Crippen LogP contribution in [0.1, 0.15) is 30.9 Å². The second-order valence-electron chi connectivity index (χ2n) is 4.98. The molecule has 1 saturated carbocycles. The molecule has 1 atom stereocenters. The number of halogens is 1. The van der Waals surface area contributed by atoms with E-state index in [0.29, 0.717) is 18.2 Å². The van der Waals surface area contributed by atoms with E-state index in [9.17, 15) is 9.18 Å². The van der Waals surface area contributed by atoms with E-state index in [1.54, 1.807) is 19.1 Å². The van der Waals surface area contributed by atoms with Crippen molar-refractivity contribution >= 4 is 5.91 Å². The van der Waals surface area contributed by atoms with Gasteiger partial charge in [0.1, 0.15) is 5.82 Å². The molecule has 3 nitrogen and oxygen atoms in total. The van der Waals surface area contributed by atoms with Crippen molar-refractivity contribution in [2.75, 3.05) is 0 Å². The molecule has 0 bridgehead atoms. The second-order valence-corrected chi connectivity index (χ2v) is 4.98. The van der Waals surface area contributed by atoms with Crippen LogP contribution in [0.4, 0.5) is 4.39 Å². The molecule has 0 aromatic heterocycles. The number of amides is 1. The number of carbonyl (C=O) groups excluding carboxylic acids is 1. The molecule has 98 valence electrons. The summed E-state index contributed by atoms with van der Waals surface area (Å²) in [5.41, 5.74) is 1.62. The van der Waals surface area contributed by atoms with Crippen molar-refractivity contribution in [3.63, 3.8) is 0 Å². The minimum absolute atomic E-state index is 0.00874. The standard InChI is InChI=1S/C14H19FN2O/c1-9-3-6-13(15)11(7-9)8-16-10(2)14(18)17-12-4-5-12/h3,6-7,10,12,16H,4-5,8H2,1-2H3,(H,17,18). The van der Waals surface area contributed by atoms with E-state index < -0.39 is 0 Å². The van der Waals surface area contributed by atoms with Crippen LogP contribution in [0, 0.1) is 12.7 Å². The molecule has 1 fully saturated rings. The normalized spacial score (nSPS) is 16.4. The highest BCUT2D eigenvalue weighted by Gasteiger charge is 2.25. The first-order valence-corrected chi connectivity index (χ1v) is 6.35. The number of carbonyl (C=O) groups is 1. The van der Waals surface area contributed by atoms with Gasteiger partial charge in [-0.25, -0.2) is 4.39 Å². The molecular weight excluding hydrogens is 231 g/mol. The largest absolute Gasteiger partial charge is 0.352 e. The Bertz CT molecular complexity index is 443. The van der Waals surface area contributed by atoms with E-state index in [1.165, 1.54) is 6.07 Å². The van der Waals surface area contributed by atoms with Gasteiger partial charge in [0.05, 0.1) is 6.04 Å². The molecule has 1 aliphatic carbocycles. The lowest BCUT2D eigenvalue weighted by molar-refractivity contribution is -0.122. The second kappa shape index (κ2) is 5.48. The maximum Gasteiger partial charge on any atom is 0.237 e. The van der Waals surface area contributed by atoms with Crippen LogP contribution in [0.5, 0.6) is 0 Å². The zero-order chi connectivity index (χ0) is 13.1. The molecule has 1 amide bonds. The highest BCUT2D eigenvalue weighted by molar-refractivity contribution is 5.81. The molecule has 1 aromatic rings. The van der Waals surface area contributed by atoms with E-state index in [2.05, 4.69) is 10.6 Å². The van der Waals surface area contributed by atoms with Crippen LogP contribution >= 0.6 is 0 Å². The van der Waals surface area contributed by atoms with Gasteiger partial charge in [-0.15, -0.1) is 0 Å². The Labute approximate surface area is 107 Å². The summed E-state index contributed by atoms with van der Waals surface area (Å²) in [5.74, 6) is -0.242. The molecule has 2 rings (SSSR count). The van der Waals surface area contributed by atoms with E-state index in [4.69, 9.17) is 0 Å². The Hall–Kier alpha value is -1.42. The lowest BCUT2D eigenvalue weighted by atomic mass is 10.1. The first-order chi connectivity index (χ1) is 8.56. The van der Waals surface area contributed by atoms with Crippen molar-refractivity contribution in [1.29, 1.82) is 0 Å². The number of benzene rings is 1. The molecule has 1 unspecified atom stereocenters. The summed E-state index contributed by atoms with van der Waals surface area (Å²) in [6.07, 6.45) is 2.15. The Kier molecular flexibility index (Phi) is 3.97. The summed E-state index contributed by atoms with van der Waals surface area (Å²) in [6.45, 7) is 4.09. The Morgan fingerprint density at radius 2 is 2.22 bits per heavy atom. The molecule has 1 aromatic carbocycles. The van der Waals surface area contributed by atoms with E-state index in [-0.39, 0.29) is 17.8 Å². The third-order valence-electron chi connectivity index (χ3n) is 3.12. The average molecular weight is 250 g/mol. The molecule has 4 heteroatoms. The van der Waals surface area contributed by atoms with Gasteiger partial charge in [0.15, 0.2) is 0 Å². The van der Waals surface area contributed by atoms with Crippen LogP contribution < -0.4 is 10.6 Å². The van der Waals surface area contributed by atoms with Crippen molar-refractivity contribution in [1.82, 2.24) is 10.6 Å². The van der Waals surface area contributed by atoms with Gasteiger partial charge in [0.2, 0.25) is 5.91 Å². The van der Waals surface area contributed by atoms with Crippen molar-refractivity contribution in [2.24, 2.45) is 0 Å². The summed E-state index contributed by atoms with van der Waals surface area (Å²) in [7, 11) is 0. The van der Waals surface area contributed by atoms with Crippen molar-refractivity contribution < 1.29 is 9.18 Å². The summed E-state index contributed by atoms with van der Waals surface area (Å²) < 4.78 is 13.5. The molecule has 0 saturated heterocycles. The van der Waals surface area contributed by atoms with Crippen LogP contribution in [0.2, 0.25) is 0 Å². The minimum Gasteiger partial charge on any atom is -0.352 e. The third-order valence-corrected chi connectivity index (χ3v) is 3.12. The van der Waals surface area contributed by atoms with Gasteiger partial charge in [-0.1, -0.05) is 17.7 Å². The van der Waals surface area contributed by atoms with E-state index >= 15 is 0 Å². The summed E-state index contributed by atoms with van der Waals surface area (Å²) >= 11 is 0. The van der Waals surface area contributed by atoms with Crippen molar-refractivity contribution in [2.45, 2.75) is 45.3 Å². The maximum absolute atomic E-state index is 13.5. The van der Waals surface area contributed by atoms with Crippen molar-refractivity contribution in [3.05, 3.63) is 35.1 Å². The van der Waals surface area contributed by atoms with Gasteiger partial charge in [-0.2, -0.15) is 0 Å². The Morgan fingerprint density at radius 1 is 1.50 bits per heavy atom. The number of nitrogens with one attached hydrogen (secondary N) is 2. The van der Waals surface area contributed by atoms with Gasteiger partial charge < -0.3 is 10.6 Å². The Morgan fingerprint density at radius 3 is 2.89 bits per heavy atom. The lowest BCUT2D eigenvalue weighted by Gasteiger charge is -2.14. The first kappa shape index (κ1) is 13.0. The molecule has 1 aliphatic rings. The fourth-order valence-corrected chi connectivity index (χ4v) is 1.75. The van der Waals surface area contributed by atoms with Crippen molar-refractivity contribution in [3.8, 4) is 0 Å². The van der Waals surface area contributed by atoms with Gasteiger partial charge in [-0.3, -0.25) is 4.79 Å². The molecular formula is C14H19FN2O. The summed E-state index contributed by atoms with van der Waals surface area (Å²) in [4.78, 5) is 11.7. The monoisotopic (exact) mass is 250 g/mol. The topological polar surface area (TPSA) is 41.1 Å². The fourth-order valence-electron chi connectivity index (χ4n) is 1.75. The quantitative estimate of drug-likeness (QED) is 0.838. The van der Waals surface area contributed by atoms with E-state index in [0.717, 1.165) is 18.4 Å². The minimum atomic E-state index is -0.300. The number of rotatable bonds is 5. The van der Waals surface area contributed by atoms with Crippen LogP contribution in [0.15, 0.2) is 18.2 Å². The zero-order valence-electron chi connectivity index (χ0n) is 10.8. The van der Waals surface area contributed by atoms with E-state index in [1.807, 2.05) is 6.92 Å². The van der Waals surface area contributed by atoms with Gasteiger partial charge >= 0.3 is 0 Å². The third kappa shape index (κ3) is 3.53. The highest BCUT2D eigenvalue weighted by atomic mass is 19.1. The first-order valence-electron chi connectivity index (χ1n) is 6.35. The molecule has 0 aliphatic heterocycles. The van der Waals surface area contributed by atoms with Crippen LogP contribution in [-0.4, -0.2) is 18.0 Å². The predicted octanol–water partition coefficient (Wildman–Crippen LogP) is 1.89. The number of aryl methyl sites for hydroxylation is 1. The van der Waals surface area contributed by atoms with Crippen LogP contribution in [-0.2, 0) is 11.3 Å². The number of hydrogen-bond acceptors (Lipinski definition) is 2. The average Bonchev–Trinajstić information content (AvgIpc) is 3.13. The molecule has 0 radical (unpaired) electrons. The smallest absolute Gasteiger partial charge is 0.237 e. The zero-order valence-corrected chi connectivity index (χ0v) is 10.8. The van der Waals surface area contributed by atoms with Crippen LogP contribution in [0.3, 0.4) is 0 Å². The van der Waals surface area contributed by atoms with Crippen LogP contribution in [0.25, 0.3) is 0 Å². The highest BCUT2D eigenvalue weighted by Crippen LogP contribution is 2.18. The van der Waals surface area contributed by atoms with Gasteiger partial charge in [-0.05, 0) is 32.8 Å². The summed E-state index contributed by atoms with van der Waals surface area (Å²) in [5, 5.41) is 5.97. The fraction of sp³-hybridized carbons (Fsp3) is 0.500. The van der Waals surface area contributed by atoms with Gasteiger partial charge in [0.25, 0.3) is 0 Å². The lowest BCUT2D eigenvalue weighted by Crippen LogP contribution is -2.42. The molecule has 18 heavy (non-hydrogen) atoms. The predicted molar refractivity (Wildman–Crippen MR) is 68.6 cm³/mol. The van der Waals surface area contributed by atoms with Gasteiger partial charge in [0, 0.05) is 18.2 Å². The maximum atomic E-state index is 13.5. The summed E-state index contributed by atoms with van der Waals surface area (Å²) in [6, 6.07) is 5.06. The SMILES string of the molecule is Cc1ccc(F)c(CNC(C)C(=O)NC2CC2)c1. The number of hydrogen-bond donors (Lipinski definition) is 2. The molecule has 0 spiro atoms.